The van der Waals surface area contributed by atoms with Crippen molar-refractivity contribution < 1.29 is 4.74 Å². The number of hydrogen-bond donors (Lipinski definition) is 0. The lowest BCUT2D eigenvalue weighted by molar-refractivity contribution is 0.217. The number of rotatable bonds is 5. The van der Waals surface area contributed by atoms with Gasteiger partial charge in [-0.3, -0.25) is 4.79 Å². The van der Waals surface area contributed by atoms with E-state index in [1.54, 1.807) is 12.3 Å². The lowest BCUT2D eigenvalue weighted by atomic mass is 9.95. The van der Waals surface area contributed by atoms with Gasteiger partial charge in [0, 0.05) is 19.9 Å². The molecule has 3 aromatic rings. The van der Waals surface area contributed by atoms with Gasteiger partial charge >= 0.3 is 0 Å². The van der Waals surface area contributed by atoms with Gasteiger partial charge in [0.25, 0.3) is 5.56 Å². The van der Waals surface area contributed by atoms with Crippen LogP contribution in [0.5, 0.6) is 5.75 Å². The summed E-state index contributed by atoms with van der Waals surface area (Å²) in [7, 11) is 0. The van der Waals surface area contributed by atoms with E-state index in [0.717, 1.165) is 26.7 Å². The Balaban J connectivity index is 2.18. The summed E-state index contributed by atoms with van der Waals surface area (Å²) < 4.78 is 9.15. The summed E-state index contributed by atoms with van der Waals surface area (Å²) in [5.41, 5.74) is 0.862. The number of fused-ring (bicyclic) bond motifs is 1. The second-order valence-electron chi connectivity index (χ2n) is 8.23. The first kappa shape index (κ1) is 22.7. The summed E-state index contributed by atoms with van der Waals surface area (Å²) in [5.74, 6) is 1.32. The number of nitrogens with zero attached hydrogens (tertiary/aromatic N) is 3. The van der Waals surface area contributed by atoms with Crippen molar-refractivity contribution in [2.24, 2.45) is 5.10 Å². The first-order valence-corrected chi connectivity index (χ1v) is 11.4. The van der Waals surface area contributed by atoms with Gasteiger partial charge in [-0.25, -0.2) is 4.98 Å². The Bertz CT molecular complexity index is 1160. The monoisotopic (exact) mass is 533 g/mol. The minimum Gasteiger partial charge on any atom is -0.490 e. The molecule has 0 unspecified atom stereocenters. The Kier molecular flexibility index (Phi) is 6.82. The smallest absolute Gasteiger partial charge is 0.282 e. The van der Waals surface area contributed by atoms with E-state index >= 15 is 0 Å². The Hall–Kier alpha value is -1.99. The molecule has 0 saturated carbocycles. The zero-order valence-electron chi connectivity index (χ0n) is 17.7. The van der Waals surface area contributed by atoms with Gasteiger partial charge in [-0.1, -0.05) is 59.6 Å². The van der Waals surface area contributed by atoms with Crippen LogP contribution in [0.25, 0.3) is 10.9 Å². The first-order chi connectivity index (χ1) is 14.1. The molecule has 1 heterocycles. The zero-order chi connectivity index (χ0) is 22.1. The average molecular weight is 535 g/mol. The molecule has 0 N–H and O–H groups in total. The van der Waals surface area contributed by atoms with Crippen molar-refractivity contribution in [1.82, 2.24) is 9.66 Å². The molecule has 1 aromatic heterocycles. The molecule has 7 heteroatoms. The van der Waals surface area contributed by atoms with E-state index in [0.29, 0.717) is 16.7 Å². The van der Waals surface area contributed by atoms with Crippen molar-refractivity contribution >= 4 is 49.0 Å². The molecular weight excluding hydrogens is 510 g/mol. The molecule has 0 aliphatic rings. The molecule has 1 atom stereocenters. The lowest BCUT2D eigenvalue weighted by Gasteiger charge is -2.21. The van der Waals surface area contributed by atoms with Crippen LogP contribution in [0.3, 0.4) is 0 Å². The van der Waals surface area contributed by atoms with Crippen LogP contribution in [0.15, 0.2) is 55.2 Å². The molecular formula is C23H25Br2N3O2. The molecule has 3 rings (SSSR count). The topological polar surface area (TPSA) is 56.5 Å². The predicted octanol–water partition coefficient (Wildman–Crippen LogP) is 6.28. The van der Waals surface area contributed by atoms with Crippen LogP contribution >= 0.6 is 31.9 Å². The fraction of sp³-hybridized carbons (Fsp3) is 0.348. The van der Waals surface area contributed by atoms with Gasteiger partial charge in [-0.2, -0.15) is 9.78 Å². The standard InChI is InChI=1S/C23H25Br2N3O2/c1-6-14(2)30-20-10-8-16(24)11-15(20)13-26-28-21(29)18-12-17(25)7-9-19(18)27-22(28)23(3,4)5/h7-14H,6H2,1-5H3/t14-/m0/s1. The maximum Gasteiger partial charge on any atom is 0.282 e. The van der Waals surface area contributed by atoms with Crippen LogP contribution in [0, 0.1) is 0 Å². The number of halogens is 2. The molecule has 0 aliphatic carbocycles. The second-order valence-corrected chi connectivity index (χ2v) is 10.1. The Morgan fingerprint density at radius 3 is 2.50 bits per heavy atom. The van der Waals surface area contributed by atoms with E-state index < -0.39 is 0 Å². The van der Waals surface area contributed by atoms with E-state index in [1.165, 1.54) is 4.68 Å². The molecule has 5 nitrogen and oxygen atoms in total. The third-order valence-corrected chi connectivity index (χ3v) is 5.65. The molecule has 0 fully saturated rings. The van der Waals surface area contributed by atoms with Crippen LogP contribution in [-0.4, -0.2) is 22.0 Å². The quantitative estimate of drug-likeness (QED) is 0.362. The van der Waals surface area contributed by atoms with Crippen LogP contribution in [-0.2, 0) is 5.41 Å². The largest absolute Gasteiger partial charge is 0.490 e. The highest BCUT2D eigenvalue weighted by atomic mass is 79.9. The highest BCUT2D eigenvalue weighted by Crippen LogP contribution is 2.25. The summed E-state index contributed by atoms with van der Waals surface area (Å²) in [6, 6.07) is 11.3. The fourth-order valence-electron chi connectivity index (χ4n) is 2.89. The molecule has 158 valence electrons. The van der Waals surface area contributed by atoms with Gasteiger partial charge in [0.05, 0.1) is 23.2 Å². The molecule has 0 aliphatic heterocycles. The van der Waals surface area contributed by atoms with Gasteiger partial charge < -0.3 is 4.74 Å². The molecule has 0 amide bonds. The third kappa shape index (κ3) is 5.01. The van der Waals surface area contributed by atoms with Crippen molar-refractivity contribution in [3.63, 3.8) is 0 Å². The number of benzene rings is 2. The number of aromatic nitrogens is 2. The fourth-order valence-corrected chi connectivity index (χ4v) is 3.63. The van der Waals surface area contributed by atoms with Gasteiger partial charge in [0.2, 0.25) is 0 Å². The zero-order valence-corrected chi connectivity index (χ0v) is 20.9. The minimum absolute atomic E-state index is 0.0749. The summed E-state index contributed by atoms with van der Waals surface area (Å²) in [4.78, 5) is 18.0. The van der Waals surface area contributed by atoms with Crippen molar-refractivity contribution in [2.75, 3.05) is 0 Å². The van der Waals surface area contributed by atoms with Gasteiger partial charge in [0.15, 0.2) is 0 Å². The maximum absolute atomic E-state index is 13.3. The van der Waals surface area contributed by atoms with Gasteiger partial charge in [-0.05, 0) is 49.7 Å². The van der Waals surface area contributed by atoms with Crippen molar-refractivity contribution in [3.8, 4) is 5.75 Å². The molecule has 0 spiro atoms. The lowest BCUT2D eigenvalue weighted by Crippen LogP contribution is -2.29. The Morgan fingerprint density at radius 1 is 1.17 bits per heavy atom. The van der Waals surface area contributed by atoms with Crippen molar-refractivity contribution in [3.05, 3.63) is 67.1 Å². The summed E-state index contributed by atoms with van der Waals surface area (Å²) in [5, 5.41) is 5.07. The van der Waals surface area contributed by atoms with Crippen LogP contribution in [0.1, 0.15) is 52.4 Å². The van der Waals surface area contributed by atoms with E-state index in [4.69, 9.17) is 9.72 Å². The van der Waals surface area contributed by atoms with Crippen molar-refractivity contribution in [1.29, 1.82) is 0 Å². The van der Waals surface area contributed by atoms with Crippen LogP contribution in [0.2, 0.25) is 0 Å². The van der Waals surface area contributed by atoms with E-state index in [-0.39, 0.29) is 17.1 Å². The molecule has 0 saturated heterocycles. The first-order valence-electron chi connectivity index (χ1n) is 9.83. The predicted molar refractivity (Wildman–Crippen MR) is 130 cm³/mol. The van der Waals surface area contributed by atoms with Gasteiger partial charge in [0.1, 0.15) is 11.6 Å². The third-order valence-electron chi connectivity index (χ3n) is 4.67. The Morgan fingerprint density at radius 2 is 1.83 bits per heavy atom. The normalized spacial score (nSPS) is 13.2. The van der Waals surface area contributed by atoms with Crippen LogP contribution < -0.4 is 10.3 Å². The van der Waals surface area contributed by atoms with E-state index in [1.807, 2.05) is 58.0 Å². The second kappa shape index (κ2) is 9.02. The average Bonchev–Trinajstić information content (AvgIpc) is 2.68. The summed E-state index contributed by atoms with van der Waals surface area (Å²) in [6.07, 6.45) is 2.62. The SMILES string of the molecule is CC[C@H](C)Oc1ccc(Br)cc1C=Nn1c(C(C)(C)C)nc2ccc(Br)cc2c1=O. The summed E-state index contributed by atoms with van der Waals surface area (Å²) in [6.45, 7) is 10.1. The van der Waals surface area contributed by atoms with E-state index in [9.17, 15) is 4.79 Å². The molecule has 30 heavy (non-hydrogen) atoms. The maximum atomic E-state index is 13.3. The number of hydrogen-bond acceptors (Lipinski definition) is 4. The summed E-state index contributed by atoms with van der Waals surface area (Å²) >= 11 is 6.94. The van der Waals surface area contributed by atoms with Crippen molar-refractivity contribution in [2.45, 2.75) is 52.6 Å². The molecule has 2 aromatic carbocycles. The van der Waals surface area contributed by atoms with Gasteiger partial charge in [-0.15, -0.1) is 0 Å². The number of ether oxygens (including phenoxy) is 1. The highest BCUT2D eigenvalue weighted by molar-refractivity contribution is 9.10. The van der Waals surface area contributed by atoms with E-state index in [2.05, 4.69) is 43.9 Å². The molecule has 0 radical (unpaired) electrons. The molecule has 0 bridgehead atoms. The minimum atomic E-state index is -0.370. The Labute approximate surface area is 193 Å². The van der Waals surface area contributed by atoms with Crippen LogP contribution in [0.4, 0.5) is 0 Å². The highest BCUT2D eigenvalue weighted by Gasteiger charge is 2.23.